The molecule has 0 spiro atoms. The molecule has 1 aromatic carbocycles. The second kappa shape index (κ2) is 7.61. The van der Waals surface area contributed by atoms with Crippen LogP contribution in [-0.4, -0.2) is 39.9 Å². The van der Waals surface area contributed by atoms with Crippen molar-refractivity contribution in [3.63, 3.8) is 0 Å². The minimum absolute atomic E-state index is 0.0518. The first kappa shape index (κ1) is 16.7. The number of hydrogen-bond donors (Lipinski definition) is 1. The number of ether oxygens (including phenoxy) is 2. The first-order valence-electron chi connectivity index (χ1n) is 7.94. The Bertz CT molecular complexity index is 813. The summed E-state index contributed by atoms with van der Waals surface area (Å²) in [6.07, 6.45) is 5.36. The highest BCUT2D eigenvalue weighted by Gasteiger charge is 2.11. The summed E-state index contributed by atoms with van der Waals surface area (Å²) in [5.74, 6) is 0.260. The maximum Gasteiger partial charge on any atom is 0.327 e. The molecule has 8 heteroatoms. The van der Waals surface area contributed by atoms with Crippen LogP contribution in [-0.2, 0) is 27.3 Å². The molecule has 0 aliphatic carbocycles. The van der Waals surface area contributed by atoms with Gasteiger partial charge in [0.2, 0.25) is 5.95 Å². The number of esters is 1. The molecule has 1 amide bonds. The summed E-state index contributed by atoms with van der Waals surface area (Å²) in [7, 11) is 0. The summed E-state index contributed by atoms with van der Waals surface area (Å²) in [6.45, 7) is 2.68. The molecule has 0 atom stereocenters. The van der Waals surface area contributed by atoms with Crippen LogP contribution in [0.4, 0.5) is 5.95 Å². The van der Waals surface area contributed by atoms with Crippen molar-refractivity contribution < 1.29 is 19.1 Å². The first-order chi connectivity index (χ1) is 12.1. The van der Waals surface area contributed by atoms with E-state index in [1.54, 1.807) is 13.0 Å². The normalized spacial score (nSPS) is 12.7. The lowest BCUT2D eigenvalue weighted by molar-refractivity contribution is -0.144. The van der Waals surface area contributed by atoms with Crippen molar-refractivity contribution in [2.75, 3.05) is 18.5 Å². The molecule has 0 bridgehead atoms. The second-order valence-corrected chi connectivity index (χ2v) is 5.36. The molecular weight excluding hydrogens is 324 g/mol. The van der Waals surface area contributed by atoms with E-state index in [9.17, 15) is 9.59 Å². The maximum atomic E-state index is 11.9. The molecule has 25 heavy (non-hydrogen) atoms. The fraction of sp³-hybridized carbons (Fsp3) is 0.294. The van der Waals surface area contributed by atoms with E-state index in [0.29, 0.717) is 13.2 Å². The Balaban J connectivity index is 1.55. The lowest BCUT2D eigenvalue weighted by atomic mass is 10.1. The fourth-order valence-corrected chi connectivity index (χ4v) is 2.40. The monoisotopic (exact) mass is 342 g/mol. The highest BCUT2D eigenvalue weighted by atomic mass is 16.5. The fourth-order valence-electron chi connectivity index (χ4n) is 2.40. The molecule has 2 aromatic rings. The number of carbonyl (C=O) groups is 2. The number of hydrogen-bond acceptors (Lipinski definition) is 6. The van der Waals surface area contributed by atoms with E-state index in [1.165, 1.54) is 17.1 Å². The van der Waals surface area contributed by atoms with Crippen molar-refractivity contribution in [1.29, 1.82) is 0 Å². The van der Waals surface area contributed by atoms with Crippen molar-refractivity contribution in [3.05, 3.63) is 41.7 Å². The molecule has 0 saturated heterocycles. The van der Waals surface area contributed by atoms with E-state index < -0.39 is 5.97 Å². The van der Waals surface area contributed by atoms with Crippen LogP contribution in [0.25, 0.3) is 6.08 Å². The number of carbonyl (C=O) groups excluding carboxylic acids is 2. The van der Waals surface area contributed by atoms with Gasteiger partial charge in [0, 0.05) is 12.5 Å². The average molecular weight is 342 g/mol. The van der Waals surface area contributed by atoms with Gasteiger partial charge in [-0.25, -0.2) is 9.67 Å². The van der Waals surface area contributed by atoms with Gasteiger partial charge in [0.15, 0.2) is 0 Å². The van der Waals surface area contributed by atoms with Gasteiger partial charge in [0.25, 0.3) is 5.91 Å². The molecule has 3 rings (SSSR count). The van der Waals surface area contributed by atoms with Crippen LogP contribution in [0.5, 0.6) is 5.75 Å². The summed E-state index contributed by atoms with van der Waals surface area (Å²) in [4.78, 5) is 27.2. The summed E-state index contributed by atoms with van der Waals surface area (Å²) < 4.78 is 11.6. The number of fused-ring (bicyclic) bond motifs is 1. The Morgan fingerprint density at radius 2 is 2.32 bits per heavy atom. The molecule has 1 N–H and O–H groups in total. The number of rotatable bonds is 6. The molecule has 130 valence electrons. The lowest BCUT2D eigenvalue weighted by Crippen LogP contribution is -2.14. The van der Waals surface area contributed by atoms with E-state index in [1.807, 2.05) is 18.2 Å². The predicted molar refractivity (Wildman–Crippen MR) is 90.0 cm³/mol. The zero-order chi connectivity index (χ0) is 17.6. The zero-order valence-corrected chi connectivity index (χ0v) is 13.8. The molecular formula is C17H18N4O4. The van der Waals surface area contributed by atoms with Crippen molar-refractivity contribution in [2.45, 2.75) is 19.9 Å². The van der Waals surface area contributed by atoms with Crippen LogP contribution in [0, 0.1) is 0 Å². The number of nitrogens with one attached hydrogen (secondary N) is 1. The highest BCUT2D eigenvalue weighted by Crippen LogP contribution is 2.26. The molecule has 1 aromatic heterocycles. The van der Waals surface area contributed by atoms with Crippen molar-refractivity contribution >= 4 is 23.9 Å². The number of nitrogens with zero attached hydrogens (tertiary/aromatic N) is 3. The summed E-state index contributed by atoms with van der Waals surface area (Å²) >= 11 is 0. The first-order valence-corrected chi connectivity index (χ1v) is 7.94. The minimum Gasteiger partial charge on any atom is -0.493 e. The number of aromatic nitrogens is 3. The van der Waals surface area contributed by atoms with E-state index in [2.05, 4.69) is 15.4 Å². The van der Waals surface area contributed by atoms with Crippen molar-refractivity contribution in [3.8, 4) is 5.75 Å². The molecule has 8 nitrogen and oxygen atoms in total. The summed E-state index contributed by atoms with van der Waals surface area (Å²) in [5.41, 5.74) is 2.06. The van der Waals surface area contributed by atoms with Gasteiger partial charge in [-0.1, -0.05) is 6.07 Å². The van der Waals surface area contributed by atoms with Crippen LogP contribution in [0.15, 0.2) is 30.6 Å². The Morgan fingerprint density at radius 1 is 1.44 bits per heavy atom. The smallest absolute Gasteiger partial charge is 0.327 e. The van der Waals surface area contributed by atoms with Crippen molar-refractivity contribution in [1.82, 2.24) is 14.8 Å². The van der Waals surface area contributed by atoms with Gasteiger partial charge in [-0.05, 0) is 36.3 Å². The Morgan fingerprint density at radius 3 is 3.16 bits per heavy atom. The predicted octanol–water partition coefficient (Wildman–Crippen LogP) is 1.43. The topological polar surface area (TPSA) is 95.3 Å². The number of anilines is 1. The Hall–Kier alpha value is -3.16. The molecule has 0 fully saturated rings. The lowest BCUT2D eigenvalue weighted by Gasteiger charge is -2.00. The van der Waals surface area contributed by atoms with Crippen LogP contribution in [0.3, 0.4) is 0 Å². The van der Waals surface area contributed by atoms with Crippen LogP contribution < -0.4 is 10.1 Å². The summed E-state index contributed by atoms with van der Waals surface area (Å²) in [6, 6.07) is 5.79. The molecule has 1 aliphatic rings. The summed E-state index contributed by atoms with van der Waals surface area (Å²) in [5, 5.41) is 6.54. The quantitative estimate of drug-likeness (QED) is 0.630. The number of amides is 1. The van der Waals surface area contributed by atoms with Gasteiger partial charge in [0.1, 0.15) is 18.6 Å². The largest absolute Gasteiger partial charge is 0.493 e. The van der Waals surface area contributed by atoms with Crippen molar-refractivity contribution in [2.24, 2.45) is 0 Å². The van der Waals surface area contributed by atoms with E-state index in [-0.39, 0.29) is 18.4 Å². The number of benzene rings is 1. The Labute approximate surface area is 144 Å². The molecule has 2 heterocycles. The third kappa shape index (κ3) is 4.43. The van der Waals surface area contributed by atoms with Gasteiger partial charge in [0.05, 0.1) is 13.2 Å². The molecule has 0 unspecified atom stereocenters. The standard InChI is InChI=1S/C17H18N4O4/c1-2-24-16(23)10-21-11-18-17(20-21)19-15(22)6-4-12-3-5-14-13(9-12)7-8-25-14/h3-6,9,11H,2,7-8,10H2,1H3,(H,19,20,22)/b6-4+. The second-order valence-electron chi connectivity index (χ2n) is 5.36. The molecule has 0 saturated carbocycles. The van der Waals surface area contributed by atoms with Gasteiger partial charge in [-0.3, -0.25) is 14.9 Å². The van der Waals surface area contributed by atoms with Gasteiger partial charge in [-0.15, -0.1) is 5.10 Å². The molecule has 0 radical (unpaired) electrons. The van der Waals surface area contributed by atoms with Gasteiger partial charge < -0.3 is 9.47 Å². The van der Waals surface area contributed by atoms with E-state index >= 15 is 0 Å². The maximum absolute atomic E-state index is 11.9. The van der Waals surface area contributed by atoms with E-state index in [0.717, 1.165) is 23.3 Å². The third-order valence-corrected chi connectivity index (χ3v) is 3.51. The van der Waals surface area contributed by atoms with Crippen LogP contribution >= 0.6 is 0 Å². The van der Waals surface area contributed by atoms with Crippen LogP contribution in [0.2, 0.25) is 0 Å². The molecule has 1 aliphatic heterocycles. The van der Waals surface area contributed by atoms with Gasteiger partial charge in [-0.2, -0.15) is 0 Å². The van der Waals surface area contributed by atoms with E-state index in [4.69, 9.17) is 9.47 Å². The minimum atomic E-state index is -0.411. The SMILES string of the molecule is CCOC(=O)Cn1cnc(NC(=O)/C=C/c2ccc3c(c2)CCO3)n1. The Kier molecular flexibility index (Phi) is 5.08. The van der Waals surface area contributed by atoms with Crippen LogP contribution in [0.1, 0.15) is 18.1 Å². The zero-order valence-electron chi connectivity index (χ0n) is 13.8. The van der Waals surface area contributed by atoms with Gasteiger partial charge >= 0.3 is 5.97 Å². The highest BCUT2D eigenvalue weighted by molar-refractivity contribution is 6.00. The average Bonchev–Trinajstić information content (AvgIpc) is 3.22. The third-order valence-electron chi connectivity index (χ3n) is 3.51.